The van der Waals surface area contributed by atoms with Crippen LogP contribution in [0, 0.1) is 18.8 Å². The molecule has 0 N–H and O–H groups in total. The molecule has 0 radical (unpaired) electrons. The Morgan fingerprint density at radius 3 is 0.719 bits per heavy atom. The van der Waals surface area contributed by atoms with E-state index in [-0.39, 0.29) is 15.8 Å². The molecule has 0 unspecified atom stereocenters. The summed E-state index contributed by atoms with van der Waals surface area (Å²) in [6.45, 7) is 13.9. The molecule has 0 aliphatic rings. The summed E-state index contributed by atoms with van der Waals surface area (Å²) in [5, 5.41) is 0. The number of halogens is 4. The van der Waals surface area contributed by atoms with Crippen molar-refractivity contribution in [3.8, 4) is 0 Å². The second kappa shape index (κ2) is 41.5. The van der Waals surface area contributed by atoms with Crippen LogP contribution < -0.4 is 0 Å². The molecular weight excluding hydrogens is 882 g/mol. The minimum atomic E-state index is -1.63. The molecule has 0 aromatic rings. The zero-order valence-electron chi connectivity index (χ0n) is 21.9. The molecule has 208 valence electrons. The Kier molecular flexibility index (Phi) is 55.1. The van der Waals surface area contributed by atoms with Gasteiger partial charge in [0.15, 0.2) is 0 Å². The van der Waals surface area contributed by atoms with Crippen LogP contribution in [0.15, 0.2) is 0 Å². The molecule has 0 rings (SSSR count). The predicted molar refractivity (Wildman–Crippen MR) is 150 cm³/mol. The molecule has 0 bridgehead atoms. The maximum atomic E-state index is 5.06. The molecule has 0 nitrogen and oxygen atoms in total. The first kappa shape index (κ1) is 42.5. The van der Waals surface area contributed by atoms with Crippen LogP contribution in [0.5, 0.6) is 0 Å². The van der Waals surface area contributed by atoms with E-state index in [1.54, 1.807) is 55.7 Å². The summed E-state index contributed by atoms with van der Waals surface area (Å²) >= 11 is -0.0185. The van der Waals surface area contributed by atoms with Gasteiger partial charge in [-0.05, 0) is 38.5 Å². The van der Waals surface area contributed by atoms with Crippen LogP contribution in [0.1, 0.15) is 119 Å². The molecule has 8 heteroatoms. The first-order chi connectivity index (χ1) is 15.4. The molecule has 0 atom stereocenters. The van der Waals surface area contributed by atoms with Crippen molar-refractivity contribution >= 4 is 34.7 Å². The molecule has 0 aliphatic carbocycles. The molecule has 0 saturated carbocycles. The molecular formula is C24H58Cl4P2Pt2+4. The van der Waals surface area contributed by atoms with Gasteiger partial charge in [-0.15, -0.1) is 0 Å². The van der Waals surface area contributed by atoms with Crippen LogP contribution in [0.25, 0.3) is 0 Å². The predicted octanol–water partition coefficient (Wildman–Crippen LogP) is 10.0. The van der Waals surface area contributed by atoms with Crippen molar-refractivity contribution in [1.82, 2.24) is 0 Å². The van der Waals surface area contributed by atoms with Gasteiger partial charge >= 0.3 is 70.6 Å². The van der Waals surface area contributed by atoms with Crippen LogP contribution in [0.4, 0.5) is 0 Å². The second-order valence-electron chi connectivity index (χ2n) is 8.27. The van der Waals surface area contributed by atoms with Crippen molar-refractivity contribution < 1.29 is 51.8 Å². The minimum absolute atomic E-state index is 0.0675. The van der Waals surface area contributed by atoms with Gasteiger partial charge in [0.05, 0.1) is 37.0 Å². The normalized spacial score (nSPS) is 10.6. The zero-order valence-corrected chi connectivity index (χ0v) is 31.6. The van der Waals surface area contributed by atoms with Crippen molar-refractivity contribution in [2.75, 3.05) is 37.0 Å². The summed E-state index contributed by atoms with van der Waals surface area (Å²) in [5.41, 5.74) is 0. The average molecular weight is 941 g/mol. The summed E-state index contributed by atoms with van der Waals surface area (Å²) in [5.74, 6) is 0. The molecule has 0 spiro atoms. The summed E-state index contributed by atoms with van der Waals surface area (Å²) < 4.78 is 0. The Hall–Kier alpha value is 3.40. The quantitative estimate of drug-likeness (QED) is 0.120. The number of hydrogen-bond donors (Lipinski definition) is 0. The van der Waals surface area contributed by atoms with Gasteiger partial charge < -0.3 is 0 Å². The van der Waals surface area contributed by atoms with E-state index in [1.807, 2.05) is 0 Å². The van der Waals surface area contributed by atoms with E-state index < -0.39 is 14.2 Å². The van der Waals surface area contributed by atoms with Crippen molar-refractivity contribution in [1.29, 1.82) is 0 Å². The topological polar surface area (TPSA) is 0 Å². The van der Waals surface area contributed by atoms with Crippen molar-refractivity contribution in [3.05, 3.63) is 0 Å². The van der Waals surface area contributed by atoms with Gasteiger partial charge in [-0.3, -0.25) is 0 Å². The van der Waals surface area contributed by atoms with Gasteiger partial charge in [0.25, 0.3) is 0 Å². The molecule has 0 aromatic carbocycles. The SMILES string of the molecule is CCCC[PH+](CCCC)CCCC.CCCC[PH+](CCCC)CCCC.[Cl][Pt].[Cl][Pt]([ClH+])[ClH+]. The van der Waals surface area contributed by atoms with Crippen LogP contribution in [-0.4, -0.2) is 37.0 Å². The van der Waals surface area contributed by atoms with E-state index in [4.69, 9.17) is 9.42 Å². The summed E-state index contributed by atoms with van der Waals surface area (Å²) in [6, 6.07) is 0. The Morgan fingerprint density at radius 2 is 0.625 bits per heavy atom. The first-order valence-electron chi connectivity index (χ1n) is 12.9. The van der Waals surface area contributed by atoms with E-state index >= 15 is 0 Å². The summed E-state index contributed by atoms with van der Waals surface area (Å²) in [6.07, 6.45) is 26.8. The van der Waals surface area contributed by atoms with E-state index in [2.05, 4.69) is 69.8 Å². The molecule has 0 fully saturated rings. The zero-order chi connectivity index (χ0) is 25.5. The number of hydrogen-bond acceptors (Lipinski definition) is 0. The van der Waals surface area contributed by atoms with Crippen LogP contribution in [-0.2, 0) is 33.0 Å². The summed E-state index contributed by atoms with van der Waals surface area (Å²) in [7, 11) is 18.5. The Bertz CT molecular complexity index is 228. The van der Waals surface area contributed by atoms with Gasteiger partial charge in [-0.1, -0.05) is 80.1 Å². The van der Waals surface area contributed by atoms with Gasteiger partial charge in [-0.2, -0.15) is 0 Å². The van der Waals surface area contributed by atoms with E-state index in [9.17, 15) is 0 Å². The van der Waals surface area contributed by atoms with E-state index in [0.29, 0.717) is 0 Å². The van der Waals surface area contributed by atoms with Crippen LogP contribution in [0.2, 0.25) is 0 Å². The molecule has 0 saturated heterocycles. The van der Waals surface area contributed by atoms with Crippen molar-refractivity contribution in [2.45, 2.75) is 119 Å². The Balaban J connectivity index is -0.000000197. The van der Waals surface area contributed by atoms with Crippen LogP contribution >= 0.6 is 34.7 Å². The molecule has 0 aliphatic heterocycles. The van der Waals surface area contributed by atoms with Crippen molar-refractivity contribution in [3.63, 3.8) is 0 Å². The average Bonchev–Trinajstić information content (AvgIpc) is 2.79. The van der Waals surface area contributed by atoms with E-state index in [0.717, 1.165) is 0 Å². The summed E-state index contributed by atoms with van der Waals surface area (Å²) in [4.78, 5) is 0. The fourth-order valence-electron chi connectivity index (χ4n) is 3.31. The third-order valence-electron chi connectivity index (χ3n) is 5.30. The number of rotatable bonds is 18. The van der Waals surface area contributed by atoms with Gasteiger partial charge in [-0.25, -0.2) is 0 Å². The Morgan fingerprint density at radius 1 is 0.500 bits per heavy atom. The van der Waals surface area contributed by atoms with Gasteiger partial charge in [0.1, 0.15) is 0 Å². The third kappa shape index (κ3) is 46.7. The monoisotopic (exact) mass is 938 g/mol. The maximum absolute atomic E-state index is 5.06. The van der Waals surface area contributed by atoms with Crippen molar-refractivity contribution in [2.24, 2.45) is 0 Å². The van der Waals surface area contributed by atoms with Gasteiger partial charge in [0.2, 0.25) is 0 Å². The molecule has 0 amide bonds. The fourth-order valence-corrected chi connectivity index (χ4v) is 9.93. The number of unbranched alkanes of at least 4 members (excludes halogenated alkanes) is 6. The standard InChI is InChI=1S/2C12H27P.4ClH.2Pt/c2*1-4-7-10-13(11-8-5-2)12-9-6-3;;;;;;/h2*4-12H2,1-3H3;4*1H;;/q;;;;;;+1;+3. The first-order valence-corrected chi connectivity index (χ1v) is 28.8. The fraction of sp³-hybridized carbons (Fsp3) is 1.00. The van der Waals surface area contributed by atoms with Gasteiger partial charge in [0, 0.05) is 15.8 Å². The van der Waals surface area contributed by atoms with Crippen LogP contribution in [0.3, 0.4) is 0 Å². The molecule has 0 heterocycles. The molecule has 0 aromatic heterocycles. The third-order valence-corrected chi connectivity index (χ3v) is 11.7. The van der Waals surface area contributed by atoms with E-state index in [1.165, 1.54) is 77.0 Å². The second-order valence-corrected chi connectivity index (χ2v) is 25.2. The molecule has 32 heavy (non-hydrogen) atoms. The Labute approximate surface area is 239 Å².